The van der Waals surface area contributed by atoms with E-state index in [2.05, 4.69) is 15.5 Å². The van der Waals surface area contributed by atoms with E-state index in [0.717, 1.165) is 11.3 Å². The summed E-state index contributed by atoms with van der Waals surface area (Å²) in [6.07, 6.45) is 1.85. The van der Waals surface area contributed by atoms with E-state index >= 15 is 0 Å². The summed E-state index contributed by atoms with van der Waals surface area (Å²) in [5, 5.41) is 27.4. The third-order valence-electron chi connectivity index (χ3n) is 6.12. The Hall–Kier alpha value is -4.16. The number of aromatic nitrogens is 4. The first kappa shape index (κ1) is 27.0. The van der Waals surface area contributed by atoms with Crippen molar-refractivity contribution < 1.29 is 5.11 Å². The number of nitrogens with zero attached hydrogens (tertiary/aromatic N) is 6. The number of aromatic hydroxyl groups is 1. The molecule has 0 saturated heterocycles. The molecule has 41 heavy (non-hydrogen) atoms. The predicted octanol–water partition coefficient (Wildman–Crippen LogP) is 6.18. The fraction of sp³-hybridized carbons (Fsp3) is 0.0357. The maximum Gasteiger partial charge on any atom is 0.191 e. The minimum atomic E-state index is -0.0369. The van der Waals surface area contributed by atoms with Crippen LogP contribution in [0.1, 0.15) is 0 Å². The van der Waals surface area contributed by atoms with Crippen LogP contribution in [0.25, 0.3) is 39.5 Å². The fourth-order valence-corrected chi connectivity index (χ4v) is 5.38. The SMILES string of the molecule is NC(=S)N/N=C1\CSC(n2nc(-c3cn(-c4ccccc4)nc3-c3ccc(Cl)cc3)c(O)c2-c2ccc(Cl)cc2)=N1. The van der Waals surface area contributed by atoms with Gasteiger partial charge in [0.25, 0.3) is 0 Å². The number of halogens is 2. The van der Waals surface area contributed by atoms with Gasteiger partial charge in [-0.25, -0.2) is 14.4 Å². The lowest BCUT2D eigenvalue weighted by atomic mass is 10.0. The molecule has 0 amide bonds. The number of nitrogens with two attached hydrogens (primary N) is 1. The van der Waals surface area contributed by atoms with Crippen molar-refractivity contribution in [2.45, 2.75) is 0 Å². The lowest BCUT2D eigenvalue weighted by Crippen LogP contribution is -2.25. The van der Waals surface area contributed by atoms with E-state index in [1.807, 2.05) is 60.8 Å². The molecule has 9 nitrogen and oxygen atoms in total. The second-order valence-corrected chi connectivity index (χ2v) is 11.1. The van der Waals surface area contributed by atoms with Gasteiger partial charge in [0.1, 0.15) is 17.1 Å². The van der Waals surface area contributed by atoms with Gasteiger partial charge >= 0.3 is 0 Å². The zero-order chi connectivity index (χ0) is 28.5. The third-order valence-corrected chi connectivity index (χ3v) is 7.64. The van der Waals surface area contributed by atoms with Gasteiger partial charge in [-0.3, -0.25) is 5.43 Å². The highest BCUT2D eigenvalue weighted by atomic mass is 35.5. The number of hydrogen-bond acceptors (Lipinski definition) is 6. The summed E-state index contributed by atoms with van der Waals surface area (Å²) < 4.78 is 3.36. The van der Waals surface area contributed by atoms with Gasteiger partial charge in [-0.15, -0.1) is 0 Å². The van der Waals surface area contributed by atoms with Crippen molar-refractivity contribution >= 4 is 63.3 Å². The maximum absolute atomic E-state index is 11.8. The number of para-hydroxylation sites is 1. The van der Waals surface area contributed by atoms with E-state index in [9.17, 15) is 5.11 Å². The molecule has 0 radical (unpaired) electrons. The number of thioether (sulfide) groups is 1. The summed E-state index contributed by atoms with van der Waals surface area (Å²) in [6.45, 7) is 0. The van der Waals surface area contributed by atoms with Crippen LogP contribution in [0.5, 0.6) is 5.75 Å². The standard InChI is InChI=1S/C28H20Cl2N8OS2/c29-18-10-6-16(7-11-18)23-21(14-37(35-23)20-4-2-1-3-5-20)24-26(39)25(17-8-12-19(30)13-9-17)38(36-24)28-32-22(15-41-28)33-34-27(31)40/h1-14,39H,15H2,(H3,31,34,40)/b33-22+. The van der Waals surface area contributed by atoms with Crippen molar-refractivity contribution in [1.29, 1.82) is 0 Å². The molecule has 0 saturated carbocycles. The van der Waals surface area contributed by atoms with Crippen LogP contribution >= 0.6 is 47.2 Å². The first-order chi connectivity index (χ1) is 19.9. The molecule has 0 bridgehead atoms. The van der Waals surface area contributed by atoms with E-state index in [1.54, 1.807) is 33.6 Å². The van der Waals surface area contributed by atoms with Crippen molar-refractivity contribution in [3.63, 3.8) is 0 Å². The van der Waals surface area contributed by atoms with Gasteiger partial charge in [0.2, 0.25) is 0 Å². The summed E-state index contributed by atoms with van der Waals surface area (Å²) in [4.78, 5) is 4.60. The normalized spacial score (nSPS) is 13.9. The number of thiocarbonyl (C=S) groups is 1. The van der Waals surface area contributed by atoms with Crippen LogP contribution < -0.4 is 11.2 Å². The van der Waals surface area contributed by atoms with Gasteiger partial charge in [0.05, 0.1) is 17.0 Å². The molecule has 2 aromatic heterocycles. The number of amidine groups is 1. The Kier molecular flexibility index (Phi) is 7.50. The summed E-state index contributed by atoms with van der Waals surface area (Å²) in [6, 6.07) is 24.2. The smallest absolute Gasteiger partial charge is 0.191 e. The van der Waals surface area contributed by atoms with Crippen LogP contribution in [-0.2, 0) is 0 Å². The maximum atomic E-state index is 11.8. The molecule has 1 aliphatic heterocycles. The monoisotopic (exact) mass is 618 g/mol. The van der Waals surface area contributed by atoms with Gasteiger partial charge in [-0.05, 0) is 48.6 Å². The highest BCUT2D eigenvalue weighted by molar-refractivity contribution is 8.14. The molecule has 4 N–H and O–H groups in total. The topological polar surface area (TPSA) is 119 Å². The predicted molar refractivity (Wildman–Crippen MR) is 170 cm³/mol. The Balaban J connectivity index is 1.56. The van der Waals surface area contributed by atoms with E-state index < -0.39 is 0 Å². The largest absolute Gasteiger partial charge is 0.504 e. The Morgan fingerprint density at radius 3 is 2.24 bits per heavy atom. The molecule has 0 fully saturated rings. The Morgan fingerprint density at radius 1 is 0.927 bits per heavy atom. The van der Waals surface area contributed by atoms with Crippen molar-refractivity contribution in [3.8, 4) is 45.2 Å². The molecule has 0 spiro atoms. The van der Waals surface area contributed by atoms with Gasteiger partial charge in [-0.1, -0.05) is 77.4 Å². The average molecular weight is 620 g/mol. The van der Waals surface area contributed by atoms with Crippen molar-refractivity contribution in [2.24, 2.45) is 15.8 Å². The molecule has 3 aromatic carbocycles. The average Bonchev–Trinajstić information content (AvgIpc) is 3.71. The molecular weight excluding hydrogens is 599 g/mol. The quantitative estimate of drug-likeness (QED) is 0.159. The highest BCUT2D eigenvalue weighted by Crippen LogP contribution is 2.43. The van der Waals surface area contributed by atoms with Crippen molar-refractivity contribution in [3.05, 3.63) is 95.1 Å². The number of benzene rings is 3. The van der Waals surface area contributed by atoms with Crippen LogP contribution in [0.4, 0.5) is 0 Å². The molecular formula is C28H20Cl2N8OS2. The minimum absolute atomic E-state index is 0.0369. The lowest BCUT2D eigenvalue weighted by Gasteiger charge is -2.06. The molecule has 13 heteroatoms. The number of hydrazone groups is 1. The fourth-order valence-electron chi connectivity index (χ4n) is 4.27. The number of rotatable bonds is 5. The Labute approximate surface area is 254 Å². The zero-order valence-electron chi connectivity index (χ0n) is 21.1. The lowest BCUT2D eigenvalue weighted by molar-refractivity contribution is 0.479. The first-order valence-corrected chi connectivity index (χ1v) is 14.4. The number of hydrogen-bond donors (Lipinski definition) is 3. The van der Waals surface area contributed by atoms with E-state index in [0.29, 0.717) is 55.0 Å². The molecule has 0 unspecified atom stereocenters. The van der Waals surface area contributed by atoms with Gasteiger partial charge in [0.15, 0.2) is 21.9 Å². The Bertz CT molecular complexity index is 1810. The zero-order valence-corrected chi connectivity index (χ0v) is 24.2. The molecule has 6 rings (SSSR count). The van der Waals surface area contributed by atoms with E-state index in [-0.39, 0.29) is 10.9 Å². The Morgan fingerprint density at radius 2 is 1.59 bits per heavy atom. The summed E-state index contributed by atoms with van der Waals surface area (Å²) in [7, 11) is 0. The summed E-state index contributed by atoms with van der Waals surface area (Å²) >= 11 is 18.6. The first-order valence-electron chi connectivity index (χ1n) is 12.2. The van der Waals surface area contributed by atoms with Gasteiger partial charge < -0.3 is 10.8 Å². The van der Waals surface area contributed by atoms with Gasteiger partial charge in [0, 0.05) is 27.4 Å². The molecule has 0 atom stereocenters. The molecule has 5 aromatic rings. The number of aliphatic imine (C=N–C) groups is 1. The van der Waals surface area contributed by atoms with Crippen LogP contribution in [-0.4, -0.2) is 46.5 Å². The highest BCUT2D eigenvalue weighted by Gasteiger charge is 2.29. The molecule has 3 heterocycles. The van der Waals surface area contributed by atoms with E-state index in [4.69, 9.17) is 51.4 Å². The second kappa shape index (κ2) is 11.4. The number of nitrogens with one attached hydrogen (secondary N) is 1. The van der Waals surface area contributed by atoms with E-state index in [1.165, 1.54) is 11.8 Å². The van der Waals surface area contributed by atoms with Crippen molar-refractivity contribution in [1.82, 2.24) is 25.0 Å². The molecule has 0 aliphatic carbocycles. The summed E-state index contributed by atoms with van der Waals surface area (Å²) in [5.74, 6) is 0.906. The van der Waals surface area contributed by atoms with Crippen LogP contribution in [0.3, 0.4) is 0 Å². The van der Waals surface area contributed by atoms with Crippen LogP contribution in [0, 0.1) is 0 Å². The van der Waals surface area contributed by atoms with Crippen LogP contribution in [0.15, 0.2) is 95.2 Å². The molecule has 1 aliphatic rings. The summed E-state index contributed by atoms with van der Waals surface area (Å²) in [5.41, 5.74) is 12.5. The van der Waals surface area contributed by atoms with Crippen LogP contribution in [0.2, 0.25) is 10.0 Å². The van der Waals surface area contributed by atoms with Gasteiger partial charge in [-0.2, -0.15) is 15.3 Å². The minimum Gasteiger partial charge on any atom is -0.504 e. The molecule has 204 valence electrons. The van der Waals surface area contributed by atoms with Crippen molar-refractivity contribution in [2.75, 3.05) is 5.75 Å². The third kappa shape index (κ3) is 5.57. The second-order valence-electron chi connectivity index (χ2n) is 8.83.